The smallest absolute Gasteiger partial charge is 0.302 e. The molecule has 8 heteroatoms. The van der Waals surface area contributed by atoms with Gasteiger partial charge in [-0.2, -0.15) is 4.21 Å². The first-order valence-electron chi connectivity index (χ1n) is 11.7. The minimum Gasteiger partial charge on any atom is -0.302 e. The van der Waals surface area contributed by atoms with Crippen molar-refractivity contribution >= 4 is 40.8 Å². The molecule has 0 bridgehead atoms. The molecular formula is C26H33Cl2NO4S. The molecule has 0 saturated carbocycles. The first-order valence-corrected chi connectivity index (χ1v) is 13.5. The maximum absolute atomic E-state index is 12.8. The van der Waals surface area contributed by atoms with Crippen LogP contribution >= 0.6 is 23.2 Å². The molecule has 1 aliphatic rings. The summed E-state index contributed by atoms with van der Waals surface area (Å²) in [5, 5.41) is 1.29. The molecule has 1 heterocycles. The largest absolute Gasteiger partial charge is 0.302 e. The number of benzene rings is 2. The van der Waals surface area contributed by atoms with Crippen molar-refractivity contribution in [1.29, 1.82) is 0 Å². The minimum absolute atomic E-state index is 0.0418. The van der Waals surface area contributed by atoms with Crippen LogP contribution in [0.3, 0.4) is 0 Å². The van der Waals surface area contributed by atoms with E-state index in [0.717, 1.165) is 30.3 Å². The Morgan fingerprint density at radius 3 is 2.32 bits per heavy atom. The van der Waals surface area contributed by atoms with Gasteiger partial charge in [-0.15, -0.1) is 0 Å². The number of likely N-dealkylation sites (tertiary alicyclic amines) is 1. The van der Waals surface area contributed by atoms with Crippen molar-refractivity contribution in [3.8, 4) is 0 Å². The average Bonchev–Trinajstić information content (AvgIpc) is 2.80. The Morgan fingerprint density at radius 2 is 1.79 bits per heavy atom. The lowest BCUT2D eigenvalue weighted by Crippen LogP contribution is -2.62. The summed E-state index contributed by atoms with van der Waals surface area (Å²) in [4.78, 5) is 15.1. The zero-order chi connectivity index (χ0) is 25.0. The third kappa shape index (κ3) is 5.58. The third-order valence-corrected chi connectivity index (χ3v) is 8.44. The lowest BCUT2D eigenvalue weighted by molar-refractivity contribution is -0.136. The number of aldehydes is 1. The van der Waals surface area contributed by atoms with Crippen LogP contribution in [0.2, 0.25) is 10.0 Å². The van der Waals surface area contributed by atoms with E-state index in [1.54, 1.807) is 6.92 Å². The number of rotatable bonds is 9. The Bertz CT molecular complexity index is 1000. The van der Waals surface area contributed by atoms with E-state index < -0.39 is 28.9 Å². The van der Waals surface area contributed by atoms with Gasteiger partial charge in [0.2, 0.25) is 0 Å². The number of hydrogen-bond donors (Lipinski definition) is 1. The molecule has 0 amide bonds. The third-order valence-electron chi connectivity index (χ3n) is 7.50. The highest BCUT2D eigenvalue weighted by molar-refractivity contribution is 7.74. The molecule has 0 spiro atoms. The lowest BCUT2D eigenvalue weighted by Gasteiger charge is -2.57. The Kier molecular flexibility index (Phi) is 9.35. The van der Waals surface area contributed by atoms with Gasteiger partial charge >= 0.3 is 11.4 Å². The molecule has 1 saturated heterocycles. The van der Waals surface area contributed by atoms with Gasteiger partial charge in [-0.25, -0.2) is 0 Å². The molecule has 6 atom stereocenters. The van der Waals surface area contributed by atoms with Crippen LogP contribution in [0.4, 0.5) is 0 Å². The molecule has 2 aromatic carbocycles. The molecule has 0 radical (unpaired) electrons. The van der Waals surface area contributed by atoms with E-state index in [9.17, 15) is 13.6 Å². The molecule has 0 aromatic heterocycles. The molecule has 1 fully saturated rings. The molecular weight excluding hydrogens is 493 g/mol. The first kappa shape index (κ1) is 27.3. The first-order chi connectivity index (χ1) is 16.2. The van der Waals surface area contributed by atoms with Crippen molar-refractivity contribution in [2.45, 2.75) is 77.1 Å². The fraction of sp³-hybridized carbons (Fsp3) is 0.500. The number of nitrogens with zero attached hydrogens (tertiary/aromatic N) is 1. The molecule has 1 aliphatic heterocycles. The average molecular weight is 527 g/mol. The number of carbonyl (C=O) groups excluding carboxylic acids is 1. The van der Waals surface area contributed by atoms with Gasteiger partial charge in [0.1, 0.15) is 6.29 Å². The van der Waals surface area contributed by atoms with E-state index in [-0.39, 0.29) is 18.0 Å². The summed E-state index contributed by atoms with van der Waals surface area (Å²) in [6.45, 7) is 8.00. The Labute approximate surface area is 215 Å². The summed E-state index contributed by atoms with van der Waals surface area (Å²) in [5.41, 5.74) is 1.39. The van der Waals surface area contributed by atoms with Gasteiger partial charge in [-0.1, -0.05) is 68.2 Å². The van der Waals surface area contributed by atoms with Crippen molar-refractivity contribution in [3.63, 3.8) is 0 Å². The normalized spacial score (nSPS) is 27.5. The van der Waals surface area contributed by atoms with Gasteiger partial charge in [0, 0.05) is 33.5 Å². The summed E-state index contributed by atoms with van der Waals surface area (Å²) < 4.78 is 26.5. The monoisotopic (exact) mass is 525 g/mol. The van der Waals surface area contributed by atoms with Gasteiger partial charge < -0.3 is 4.79 Å². The van der Waals surface area contributed by atoms with E-state index in [0.29, 0.717) is 16.5 Å². The van der Waals surface area contributed by atoms with Gasteiger partial charge in [0.25, 0.3) is 0 Å². The van der Waals surface area contributed by atoms with Crippen molar-refractivity contribution in [2.24, 2.45) is 5.41 Å². The second-order valence-electron chi connectivity index (χ2n) is 9.32. The van der Waals surface area contributed by atoms with Gasteiger partial charge in [0.05, 0.1) is 12.1 Å². The topological polar surface area (TPSA) is 66.8 Å². The SMILES string of the molecule is CCC(CC)N1C(c2ccc(Cl)cc2)C(c2cccc(Cl)c2)CC(C)(C(C)OS(=O)O)C1C=O. The minimum atomic E-state index is -2.44. The molecule has 1 N–H and O–H groups in total. The number of hydrogen-bond acceptors (Lipinski definition) is 4. The van der Waals surface area contributed by atoms with E-state index in [1.165, 1.54) is 0 Å². The van der Waals surface area contributed by atoms with Gasteiger partial charge in [0.15, 0.2) is 0 Å². The lowest BCUT2D eigenvalue weighted by atomic mass is 9.62. The van der Waals surface area contributed by atoms with Crippen LogP contribution in [0.5, 0.6) is 0 Å². The van der Waals surface area contributed by atoms with Crippen LogP contribution in [-0.4, -0.2) is 38.1 Å². The highest BCUT2D eigenvalue weighted by atomic mass is 35.5. The summed E-state index contributed by atoms with van der Waals surface area (Å²) in [5.74, 6) is -0.0418. The second kappa shape index (κ2) is 11.6. The van der Waals surface area contributed by atoms with Crippen LogP contribution in [-0.2, 0) is 20.3 Å². The Morgan fingerprint density at radius 1 is 1.15 bits per heavy atom. The number of halogens is 2. The van der Waals surface area contributed by atoms with E-state index >= 15 is 0 Å². The van der Waals surface area contributed by atoms with Crippen LogP contribution in [0.15, 0.2) is 48.5 Å². The molecule has 186 valence electrons. The van der Waals surface area contributed by atoms with Crippen LogP contribution in [0, 0.1) is 5.41 Å². The highest BCUT2D eigenvalue weighted by Crippen LogP contribution is 2.54. The van der Waals surface area contributed by atoms with Crippen molar-refractivity contribution in [3.05, 3.63) is 69.7 Å². The van der Waals surface area contributed by atoms with Gasteiger partial charge in [-0.05, 0) is 61.6 Å². The molecule has 2 aromatic rings. The van der Waals surface area contributed by atoms with Crippen LogP contribution in [0.1, 0.15) is 70.0 Å². The standard InChI is InChI=1S/C26H33Cl2NO4S/c1-5-22(6-2)29-24(16-30)26(4,17(3)33-34(31)32)15-23(19-8-7-9-21(28)14-19)25(29)18-10-12-20(27)13-11-18/h7-14,16-17,22-25H,5-6,15H2,1-4H3,(H,31,32). The van der Waals surface area contributed by atoms with Gasteiger partial charge in [-0.3, -0.25) is 13.6 Å². The summed E-state index contributed by atoms with van der Waals surface area (Å²) >= 11 is 10.2. The summed E-state index contributed by atoms with van der Waals surface area (Å²) in [6, 6.07) is 15.1. The van der Waals surface area contributed by atoms with E-state index in [1.807, 2.05) is 49.4 Å². The zero-order valence-electron chi connectivity index (χ0n) is 20.0. The fourth-order valence-corrected chi connectivity index (χ4v) is 6.35. The quantitative estimate of drug-likeness (QED) is 0.287. The molecule has 6 unspecified atom stereocenters. The fourth-order valence-electron chi connectivity index (χ4n) is 5.56. The van der Waals surface area contributed by atoms with Crippen molar-refractivity contribution < 1.29 is 17.7 Å². The van der Waals surface area contributed by atoms with Crippen LogP contribution < -0.4 is 0 Å². The molecule has 3 rings (SSSR count). The van der Waals surface area contributed by atoms with E-state index in [4.69, 9.17) is 27.4 Å². The van der Waals surface area contributed by atoms with Crippen molar-refractivity contribution in [2.75, 3.05) is 0 Å². The second-order valence-corrected chi connectivity index (χ2v) is 10.8. The molecule has 0 aliphatic carbocycles. The maximum Gasteiger partial charge on any atom is 0.302 e. The van der Waals surface area contributed by atoms with Crippen LogP contribution in [0.25, 0.3) is 0 Å². The number of piperidine rings is 1. The summed E-state index contributed by atoms with van der Waals surface area (Å²) in [7, 11) is 0. The van der Waals surface area contributed by atoms with Crippen molar-refractivity contribution in [1.82, 2.24) is 4.90 Å². The molecule has 5 nitrogen and oxygen atoms in total. The maximum atomic E-state index is 12.8. The molecule has 34 heavy (non-hydrogen) atoms. The predicted molar refractivity (Wildman–Crippen MR) is 138 cm³/mol. The Hall–Kier alpha value is -1.28. The zero-order valence-corrected chi connectivity index (χ0v) is 22.3. The predicted octanol–water partition coefficient (Wildman–Crippen LogP) is 6.83. The number of carbonyl (C=O) groups is 1. The highest BCUT2D eigenvalue weighted by Gasteiger charge is 2.54. The summed E-state index contributed by atoms with van der Waals surface area (Å²) in [6.07, 6.45) is 2.61. The Balaban J connectivity index is 2.26. The van der Waals surface area contributed by atoms with E-state index in [2.05, 4.69) is 24.8 Å².